The Morgan fingerprint density at radius 3 is 2.76 bits per heavy atom. The Morgan fingerprint density at radius 1 is 1.29 bits per heavy atom. The summed E-state index contributed by atoms with van der Waals surface area (Å²) in [5.74, 6) is 0.553. The maximum atomic E-state index is 12.8. The van der Waals surface area contributed by atoms with Crippen LogP contribution in [0, 0.1) is 5.82 Å². The third-order valence-corrected chi connectivity index (χ3v) is 4.15. The van der Waals surface area contributed by atoms with Gasteiger partial charge in [-0.3, -0.25) is 4.79 Å². The molecule has 6 nitrogen and oxygen atoms in total. The minimum absolute atomic E-state index is 0.311. The predicted molar refractivity (Wildman–Crippen MR) is 75.0 cm³/mol. The molecule has 1 N–H and O–H groups in total. The van der Waals surface area contributed by atoms with E-state index in [2.05, 4.69) is 20.6 Å². The van der Waals surface area contributed by atoms with Crippen LogP contribution in [0.2, 0.25) is 0 Å². The van der Waals surface area contributed by atoms with Crippen LogP contribution in [0.3, 0.4) is 0 Å². The fourth-order valence-electron chi connectivity index (χ4n) is 2.04. The van der Waals surface area contributed by atoms with Gasteiger partial charge in [0.15, 0.2) is 5.82 Å². The lowest BCUT2D eigenvalue weighted by atomic mass is 10.3. The highest BCUT2D eigenvalue weighted by Crippen LogP contribution is 2.39. The molecule has 0 atom stereocenters. The van der Waals surface area contributed by atoms with E-state index in [1.807, 2.05) is 0 Å². The summed E-state index contributed by atoms with van der Waals surface area (Å²) in [6, 6.07) is 5.59. The molecule has 21 heavy (non-hydrogen) atoms. The number of fused-ring (bicyclic) bond motifs is 1. The first kappa shape index (κ1) is 12.4. The summed E-state index contributed by atoms with van der Waals surface area (Å²) in [6.45, 7) is 0. The van der Waals surface area contributed by atoms with Crippen molar-refractivity contribution in [2.75, 3.05) is 5.32 Å². The second-order valence-electron chi connectivity index (χ2n) is 4.90. The molecule has 0 aliphatic heterocycles. The van der Waals surface area contributed by atoms with Crippen molar-refractivity contribution in [3.8, 4) is 0 Å². The van der Waals surface area contributed by atoms with Crippen molar-refractivity contribution in [2.24, 2.45) is 0 Å². The topological polar surface area (TPSA) is 72.2 Å². The number of anilines is 1. The first-order chi connectivity index (χ1) is 10.2. The monoisotopic (exact) mass is 303 g/mol. The number of amides is 1. The van der Waals surface area contributed by atoms with Gasteiger partial charge in [0.1, 0.15) is 5.82 Å². The number of hydrogen-bond acceptors (Lipinski definition) is 5. The van der Waals surface area contributed by atoms with E-state index in [1.165, 1.54) is 35.6 Å². The van der Waals surface area contributed by atoms with Crippen molar-refractivity contribution in [1.29, 1.82) is 0 Å². The molecule has 1 amide bonds. The maximum Gasteiger partial charge on any atom is 0.286 e. The zero-order valence-corrected chi connectivity index (χ0v) is 11.6. The van der Waals surface area contributed by atoms with Crippen LogP contribution in [-0.2, 0) is 0 Å². The van der Waals surface area contributed by atoms with Crippen molar-refractivity contribution in [2.45, 2.75) is 18.8 Å². The Bertz CT molecular complexity index is 821. The Hall–Kier alpha value is -2.35. The van der Waals surface area contributed by atoms with Gasteiger partial charge in [0, 0.05) is 11.6 Å². The summed E-state index contributed by atoms with van der Waals surface area (Å²) in [6.07, 6.45) is 2.19. The number of carbonyl (C=O) groups excluding carboxylic acids is 1. The fraction of sp³-hybridized carbons (Fsp3) is 0.231. The zero-order chi connectivity index (χ0) is 14.4. The normalized spacial score (nSPS) is 14.5. The molecule has 2 heterocycles. The van der Waals surface area contributed by atoms with Gasteiger partial charge in [-0.1, -0.05) is 11.3 Å². The summed E-state index contributed by atoms with van der Waals surface area (Å²) < 4.78 is 14.5. The number of halogens is 1. The second kappa shape index (κ2) is 4.59. The van der Waals surface area contributed by atoms with Crippen LogP contribution in [0.4, 0.5) is 10.1 Å². The van der Waals surface area contributed by atoms with Gasteiger partial charge in [0.2, 0.25) is 9.97 Å². The van der Waals surface area contributed by atoms with Crippen LogP contribution >= 0.6 is 11.3 Å². The van der Waals surface area contributed by atoms with E-state index in [4.69, 9.17) is 0 Å². The lowest BCUT2D eigenvalue weighted by Crippen LogP contribution is -2.12. The Kier molecular flexibility index (Phi) is 2.71. The number of rotatable bonds is 3. The van der Waals surface area contributed by atoms with Gasteiger partial charge in [-0.15, -0.1) is 15.3 Å². The SMILES string of the molecule is O=C(Nc1ccc(F)cc1)c1nn2c(C3CC3)nnc2s1. The zero-order valence-electron chi connectivity index (χ0n) is 10.8. The second-order valence-corrected chi connectivity index (χ2v) is 5.85. The molecule has 1 fully saturated rings. The Morgan fingerprint density at radius 2 is 2.05 bits per heavy atom. The highest BCUT2D eigenvalue weighted by atomic mass is 32.1. The van der Waals surface area contributed by atoms with Crippen LogP contribution in [0.1, 0.15) is 34.4 Å². The number of carbonyl (C=O) groups is 1. The summed E-state index contributed by atoms with van der Waals surface area (Å²) in [5, 5.41) is 15.4. The first-order valence-corrected chi connectivity index (χ1v) is 7.31. The van der Waals surface area contributed by atoms with Crippen LogP contribution in [0.15, 0.2) is 24.3 Å². The Labute approximate surface area is 122 Å². The van der Waals surface area contributed by atoms with E-state index < -0.39 is 0 Å². The lowest BCUT2D eigenvalue weighted by molar-refractivity contribution is 0.102. The van der Waals surface area contributed by atoms with Crippen molar-refractivity contribution in [1.82, 2.24) is 19.8 Å². The van der Waals surface area contributed by atoms with Gasteiger partial charge in [0.05, 0.1) is 0 Å². The van der Waals surface area contributed by atoms with Crippen LogP contribution in [0.25, 0.3) is 4.96 Å². The minimum atomic E-state index is -0.346. The predicted octanol–water partition coefficient (Wildman–Crippen LogP) is 2.45. The highest BCUT2D eigenvalue weighted by Gasteiger charge is 2.30. The largest absolute Gasteiger partial charge is 0.320 e. The summed E-state index contributed by atoms with van der Waals surface area (Å²) in [5.41, 5.74) is 0.523. The lowest BCUT2D eigenvalue weighted by Gasteiger charge is -2.01. The first-order valence-electron chi connectivity index (χ1n) is 6.50. The van der Waals surface area contributed by atoms with E-state index in [1.54, 1.807) is 4.52 Å². The van der Waals surface area contributed by atoms with E-state index in [9.17, 15) is 9.18 Å². The molecule has 1 aliphatic rings. The molecule has 2 aromatic heterocycles. The number of nitrogens with zero attached hydrogens (tertiary/aromatic N) is 4. The van der Waals surface area contributed by atoms with Crippen LogP contribution < -0.4 is 5.32 Å². The van der Waals surface area contributed by atoms with E-state index in [0.717, 1.165) is 18.7 Å². The van der Waals surface area contributed by atoms with Gasteiger partial charge < -0.3 is 5.32 Å². The molecule has 0 radical (unpaired) electrons. The van der Waals surface area contributed by atoms with Gasteiger partial charge in [-0.05, 0) is 37.1 Å². The fourth-order valence-corrected chi connectivity index (χ4v) is 2.78. The third-order valence-electron chi connectivity index (χ3n) is 3.25. The quantitative estimate of drug-likeness (QED) is 0.806. The number of hydrogen-bond donors (Lipinski definition) is 1. The summed E-state index contributed by atoms with van der Waals surface area (Å²) >= 11 is 1.19. The maximum absolute atomic E-state index is 12.8. The molecule has 3 aromatic rings. The molecule has 0 unspecified atom stereocenters. The molecule has 4 rings (SSSR count). The summed E-state index contributed by atoms with van der Waals surface area (Å²) in [7, 11) is 0. The average molecular weight is 303 g/mol. The van der Waals surface area contributed by atoms with E-state index in [0.29, 0.717) is 21.6 Å². The van der Waals surface area contributed by atoms with Crippen molar-refractivity contribution < 1.29 is 9.18 Å². The van der Waals surface area contributed by atoms with E-state index in [-0.39, 0.29) is 11.7 Å². The summed E-state index contributed by atoms with van der Waals surface area (Å²) in [4.78, 5) is 12.8. The minimum Gasteiger partial charge on any atom is -0.320 e. The van der Waals surface area contributed by atoms with Crippen molar-refractivity contribution >= 4 is 27.9 Å². The standard InChI is InChI=1S/C13H10FN5OS/c14-8-3-5-9(6-4-8)15-11(20)12-18-19-10(7-1-2-7)16-17-13(19)21-12/h3-7H,1-2H2,(H,15,20). The average Bonchev–Trinajstić information content (AvgIpc) is 3.09. The third kappa shape index (κ3) is 2.27. The molecule has 1 aliphatic carbocycles. The smallest absolute Gasteiger partial charge is 0.286 e. The Balaban J connectivity index is 1.60. The molecule has 106 valence electrons. The van der Waals surface area contributed by atoms with Gasteiger partial charge in [-0.25, -0.2) is 4.39 Å². The molecule has 8 heteroatoms. The van der Waals surface area contributed by atoms with E-state index >= 15 is 0 Å². The van der Waals surface area contributed by atoms with Gasteiger partial charge in [0.25, 0.3) is 5.91 Å². The van der Waals surface area contributed by atoms with Gasteiger partial charge in [-0.2, -0.15) is 4.52 Å². The highest BCUT2D eigenvalue weighted by molar-refractivity contribution is 7.18. The van der Waals surface area contributed by atoms with Crippen LogP contribution in [0.5, 0.6) is 0 Å². The molecular formula is C13H10FN5OS. The molecule has 1 aromatic carbocycles. The molecule has 0 bridgehead atoms. The molecule has 0 saturated heterocycles. The van der Waals surface area contributed by atoms with Crippen molar-refractivity contribution in [3.05, 3.63) is 40.9 Å². The number of benzene rings is 1. The number of nitrogens with one attached hydrogen (secondary N) is 1. The number of aromatic nitrogens is 4. The van der Waals surface area contributed by atoms with Crippen LogP contribution in [-0.4, -0.2) is 25.7 Å². The molecule has 0 spiro atoms. The molecular weight excluding hydrogens is 293 g/mol. The van der Waals surface area contributed by atoms with Gasteiger partial charge >= 0.3 is 0 Å². The van der Waals surface area contributed by atoms with Crippen molar-refractivity contribution in [3.63, 3.8) is 0 Å². The molecule has 1 saturated carbocycles.